The van der Waals surface area contributed by atoms with Crippen molar-refractivity contribution < 1.29 is 4.79 Å². The molecule has 1 aliphatic heterocycles. The van der Waals surface area contributed by atoms with E-state index in [0.717, 1.165) is 32.2 Å². The van der Waals surface area contributed by atoms with Gasteiger partial charge in [0, 0.05) is 6.54 Å². The molecular formula is C13H24N2OS. The van der Waals surface area contributed by atoms with E-state index in [9.17, 15) is 4.79 Å². The Balaban J connectivity index is 1.75. The lowest BCUT2D eigenvalue weighted by atomic mass is 9.82. The molecule has 0 aromatic carbocycles. The van der Waals surface area contributed by atoms with Crippen molar-refractivity contribution in [3.63, 3.8) is 0 Å². The Morgan fingerprint density at radius 3 is 2.53 bits per heavy atom. The number of nitrogens with one attached hydrogen (secondary N) is 1. The molecule has 1 saturated carbocycles. The van der Waals surface area contributed by atoms with Crippen molar-refractivity contribution in [3.05, 3.63) is 0 Å². The molecule has 0 atom stereocenters. The summed E-state index contributed by atoms with van der Waals surface area (Å²) in [7, 11) is 0. The van der Waals surface area contributed by atoms with E-state index in [1.807, 2.05) is 11.8 Å². The average Bonchev–Trinajstić information content (AvgIpc) is 2.38. The zero-order chi connectivity index (χ0) is 12.1. The largest absolute Gasteiger partial charge is 0.354 e. The molecule has 0 aromatic rings. The van der Waals surface area contributed by atoms with Crippen LogP contribution in [0.1, 0.15) is 44.9 Å². The van der Waals surface area contributed by atoms with Crippen LogP contribution < -0.4 is 11.1 Å². The third kappa shape index (κ3) is 3.62. The summed E-state index contributed by atoms with van der Waals surface area (Å²) >= 11 is 2.02. The van der Waals surface area contributed by atoms with Gasteiger partial charge in [0.05, 0.1) is 5.54 Å². The number of hydrogen-bond donors (Lipinski definition) is 2. The van der Waals surface area contributed by atoms with E-state index >= 15 is 0 Å². The van der Waals surface area contributed by atoms with Crippen LogP contribution in [0.25, 0.3) is 0 Å². The standard InChI is InChI=1S/C13H24N2OS/c14-13(6-2-1-3-7-13)12(16)15-10-11-4-8-17-9-5-11/h11H,1-10,14H2,(H,15,16). The first kappa shape index (κ1) is 13.2. The minimum absolute atomic E-state index is 0.0930. The Morgan fingerprint density at radius 2 is 1.88 bits per heavy atom. The highest BCUT2D eigenvalue weighted by atomic mass is 32.2. The van der Waals surface area contributed by atoms with Gasteiger partial charge >= 0.3 is 0 Å². The summed E-state index contributed by atoms with van der Waals surface area (Å²) in [5.74, 6) is 3.26. The Morgan fingerprint density at radius 1 is 1.24 bits per heavy atom. The van der Waals surface area contributed by atoms with E-state index in [0.29, 0.717) is 5.92 Å². The van der Waals surface area contributed by atoms with Gasteiger partial charge in [-0.2, -0.15) is 11.8 Å². The molecule has 1 heterocycles. The first-order valence-electron chi connectivity index (χ1n) is 6.86. The van der Waals surface area contributed by atoms with Gasteiger partial charge in [0.25, 0.3) is 0 Å². The van der Waals surface area contributed by atoms with E-state index in [2.05, 4.69) is 5.32 Å². The molecule has 1 saturated heterocycles. The van der Waals surface area contributed by atoms with E-state index < -0.39 is 5.54 Å². The Kier molecular flexibility index (Phi) is 4.74. The van der Waals surface area contributed by atoms with Gasteiger partial charge in [0.1, 0.15) is 0 Å². The van der Waals surface area contributed by atoms with Crippen LogP contribution in [0.15, 0.2) is 0 Å². The van der Waals surface area contributed by atoms with E-state index in [4.69, 9.17) is 5.73 Å². The molecular weight excluding hydrogens is 232 g/mol. The molecule has 1 amide bonds. The summed E-state index contributed by atoms with van der Waals surface area (Å²) < 4.78 is 0. The van der Waals surface area contributed by atoms with Crippen molar-refractivity contribution in [2.75, 3.05) is 18.1 Å². The number of carbonyl (C=O) groups is 1. The summed E-state index contributed by atoms with van der Waals surface area (Å²) in [5, 5.41) is 3.09. The second-order valence-corrected chi connectivity index (χ2v) is 6.71. The summed E-state index contributed by atoms with van der Waals surface area (Å²) in [4.78, 5) is 12.1. The number of rotatable bonds is 3. The molecule has 2 rings (SSSR count). The number of thioether (sulfide) groups is 1. The Hall–Kier alpha value is -0.220. The quantitative estimate of drug-likeness (QED) is 0.811. The molecule has 0 unspecified atom stereocenters. The molecule has 2 aliphatic rings. The van der Waals surface area contributed by atoms with Crippen LogP contribution in [-0.4, -0.2) is 29.5 Å². The van der Waals surface area contributed by atoms with Crippen LogP contribution in [0.5, 0.6) is 0 Å². The lowest BCUT2D eigenvalue weighted by molar-refractivity contribution is -0.127. The second kappa shape index (κ2) is 6.10. The van der Waals surface area contributed by atoms with Crippen molar-refractivity contribution in [2.24, 2.45) is 11.7 Å². The molecule has 3 nitrogen and oxygen atoms in total. The number of hydrogen-bond acceptors (Lipinski definition) is 3. The van der Waals surface area contributed by atoms with Crippen LogP contribution in [0, 0.1) is 5.92 Å². The van der Waals surface area contributed by atoms with Crippen molar-refractivity contribution in [1.82, 2.24) is 5.32 Å². The van der Waals surface area contributed by atoms with E-state index in [-0.39, 0.29) is 5.91 Å². The maximum Gasteiger partial charge on any atom is 0.240 e. The van der Waals surface area contributed by atoms with Crippen LogP contribution in [0.4, 0.5) is 0 Å². The van der Waals surface area contributed by atoms with Crippen LogP contribution >= 0.6 is 11.8 Å². The monoisotopic (exact) mass is 256 g/mol. The highest BCUT2D eigenvalue weighted by Gasteiger charge is 2.35. The zero-order valence-corrected chi connectivity index (χ0v) is 11.4. The van der Waals surface area contributed by atoms with Gasteiger partial charge in [-0.1, -0.05) is 19.3 Å². The molecule has 3 N–H and O–H groups in total. The maximum absolute atomic E-state index is 12.1. The van der Waals surface area contributed by atoms with Gasteiger partial charge in [-0.3, -0.25) is 4.79 Å². The van der Waals surface area contributed by atoms with Crippen LogP contribution in [-0.2, 0) is 4.79 Å². The smallest absolute Gasteiger partial charge is 0.240 e. The summed E-state index contributed by atoms with van der Waals surface area (Å²) in [6.07, 6.45) is 7.63. The molecule has 17 heavy (non-hydrogen) atoms. The third-order valence-corrected chi connectivity index (χ3v) is 5.14. The Bertz CT molecular complexity index is 258. The van der Waals surface area contributed by atoms with Crippen LogP contribution in [0.2, 0.25) is 0 Å². The van der Waals surface area contributed by atoms with Crippen molar-refractivity contribution in [2.45, 2.75) is 50.5 Å². The minimum atomic E-state index is -0.568. The number of carbonyl (C=O) groups excluding carboxylic acids is 1. The summed E-state index contributed by atoms with van der Waals surface area (Å²) in [6.45, 7) is 0.832. The third-order valence-electron chi connectivity index (χ3n) is 4.09. The Labute approximate surface area is 108 Å². The summed E-state index contributed by atoms with van der Waals surface area (Å²) in [6, 6.07) is 0. The fourth-order valence-electron chi connectivity index (χ4n) is 2.77. The molecule has 0 bridgehead atoms. The molecule has 2 fully saturated rings. The van der Waals surface area contributed by atoms with Crippen molar-refractivity contribution in [3.8, 4) is 0 Å². The van der Waals surface area contributed by atoms with Gasteiger partial charge in [0.15, 0.2) is 0 Å². The van der Waals surface area contributed by atoms with Gasteiger partial charge < -0.3 is 11.1 Å². The van der Waals surface area contributed by atoms with E-state index in [1.54, 1.807) is 0 Å². The molecule has 0 radical (unpaired) electrons. The first-order valence-corrected chi connectivity index (χ1v) is 8.01. The highest BCUT2D eigenvalue weighted by Crippen LogP contribution is 2.26. The van der Waals surface area contributed by atoms with Crippen molar-refractivity contribution in [1.29, 1.82) is 0 Å². The maximum atomic E-state index is 12.1. The van der Waals surface area contributed by atoms with Gasteiger partial charge in [-0.25, -0.2) is 0 Å². The predicted molar refractivity (Wildman–Crippen MR) is 73.1 cm³/mol. The highest BCUT2D eigenvalue weighted by molar-refractivity contribution is 7.99. The lowest BCUT2D eigenvalue weighted by Crippen LogP contribution is -2.55. The predicted octanol–water partition coefficient (Wildman–Crippen LogP) is 1.91. The molecule has 98 valence electrons. The topological polar surface area (TPSA) is 55.1 Å². The molecule has 0 aromatic heterocycles. The molecule has 0 spiro atoms. The van der Waals surface area contributed by atoms with Gasteiger partial charge in [0.2, 0.25) is 5.91 Å². The lowest BCUT2D eigenvalue weighted by Gasteiger charge is -2.32. The molecule has 1 aliphatic carbocycles. The SMILES string of the molecule is NC1(C(=O)NCC2CCSCC2)CCCCC1. The fraction of sp³-hybridized carbons (Fsp3) is 0.923. The van der Waals surface area contributed by atoms with Gasteiger partial charge in [-0.15, -0.1) is 0 Å². The van der Waals surface area contributed by atoms with Crippen molar-refractivity contribution >= 4 is 17.7 Å². The zero-order valence-electron chi connectivity index (χ0n) is 10.5. The average molecular weight is 256 g/mol. The second-order valence-electron chi connectivity index (χ2n) is 5.48. The van der Waals surface area contributed by atoms with Gasteiger partial charge in [-0.05, 0) is 43.1 Å². The first-order chi connectivity index (χ1) is 8.21. The van der Waals surface area contributed by atoms with Crippen LogP contribution in [0.3, 0.4) is 0 Å². The normalized spacial score (nSPS) is 25.5. The van der Waals surface area contributed by atoms with E-state index in [1.165, 1.54) is 30.8 Å². The summed E-state index contributed by atoms with van der Waals surface area (Å²) in [5.41, 5.74) is 5.63. The minimum Gasteiger partial charge on any atom is -0.354 e. The molecule has 4 heteroatoms. The number of amides is 1. The number of nitrogens with two attached hydrogens (primary N) is 1. The fourth-order valence-corrected chi connectivity index (χ4v) is 3.98.